The van der Waals surface area contributed by atoms with Gasteiger partial charge in [0.15, 0.2) is 11.5 Å². The lowest BCUT2D eigenvalue weighted by atomic mass is 10.2. The number of anilines is 1. The maximum Gasteiger partial charge on any atom is 0.294 e. The third kappa shape index (κ3) is 5.48. The number of hydrogen-bond donors (Lipinski definition) is 1. The number of methoxy groups -OCH3 is 1. The number of aryl methyl sites for hydroxylation is 1. The number of nitrogens with zero attached hydrogens (tertiary/aromatic N) is 1. The predicted molar refractivity (Wildman–Crippen MR) is 124 cm³/mol. The number of hydrogen-bond acceptors (Lipinski definition) is 6. The van der Waals surface area contributed by atoms with Gasteiger partial charge in [-0.3, -0.25) is 19.3 Å². The molecule has 0 aromatic heterocycles. The Balaban J connectivity index is 1.76. The Bertz CT molecular complexity index is 1050. The lowest BCUT2D eigenvalue weighted by molar-refractivity contribution is -0.127. The summed E-state index contributed by atoms with van der Waals surface area (Å²) in [7, 11) is 1.54. The Morgan fingerprint density at radius 1 is 1.19 bits per heavy atom. The number of amides is 3. The number of benzene rings is 2. The minimum absolute atomic E-state index is 0.224. The third-order valence-corrected chi connectivity index (χ3v) is 5.97. The number of nitrogens with one attached hydrogen (secondary N) is 1. The summed E-state index contributed by atoms with van der Waals surface area (Å²) in [6.07, 6.45) is 1.59. The first kappa shape index (κ1) is 22.9. The van der Waals surface area contributed by atoms with E-state index in [9.17, 15) is 14.4 Å². The summed E-state index contributed by atoms with van der Waals surface area (Å²) in [6.45, 7) is 3.89. The zero-order valence-corrected chi connectivity index (χ0v) is 19.6. The van der Waals surface area contributed by atoms with Gasteiger partial charge < -0.3 is 14.8 Å². The molecule has 1 saturated heterocycles. The third-order valence-electron chi connectivity index (χ3n) is 4.38. The molecule has 1 fully saturated rings. The second kappa shape index (κ2) is 10.0. The van der Waals surface area contributed by atoms with Crippen molar-refractivity contribution in [1.29, 1.82) is 0 Å². The van der Waals surface area contributed by atoms with Crippen molar-refractivity contribution in [2.45, 2.75) is 13.8 Å². The molecule has 31 heavy (non-hydrogen) atoms. The van der Waals surface area contributed by atoms with Crippen molar-refractivity contribution in [3.8, 4) is 11.5 Å². The molecule has 1 N–H and O–H groups in total. The highest BCUT2D eigenvalue weighted by Crippen LogP contribution is 2.38. The number of rotatable bonds is 7. The Morgan fingerprint density at radius 2 is 1.90 bits per heavy atom. The van der Waals surface area contributed by atoms with Gasteiger partial charge in [-0.2, -0.15) is 0 Å². The van der Waals surface area contributed by atoms with Gasteiger partial charge in [0.1, 0.15) is 6.54 Å². The van der Waals surface area contributed by atoms with Crippen LogP contribution in [0.2, 0.25) is 0 Å². The smallest absolute Gasteiger partial charge is 0.294 e. The predicted octanol–water partition coefficient (Wildman–Crippen LogP) is 4.84. The number of halogens is 1. The van der Waals surface area contributed by atoms with Crippen LogP contribution in [0.3, 0.4) is 0 Å². The molecule has 0 saturated carbocycles. The van der Waals surface area contributed by atoms with Crippen LogP contribution in [0.15, 0.2) is 45.8 Å². The van der Waals surface area contributed by atoms with Gasteiger partial charge in [-0.1, -0.05) is 33.6 Å². The summed E-state index contributed by atoms with van der Waals surface area (Å²) in [5.41, 5.74) is 2.31. The number of ether oxygens (including phenoxy) is 2. The number of thioether (sulfide) groups is 1. The summed E-state index contributed by atoms with van der Waals surface area (Å²) in [6, 6.07) is 10.7. The standard InChI is InChI=1S/C22H21BrN2O5S/c1-4-30-18-9-14(16(23)11-17(18)29-3)10-19-21(27)25(22(28)31-19)12-20(26)24-15-7-5-13(2)6-8-15/h5-11H,4,12H2,1-3H3,(H,24,26)/b19-10-. The summed E-state index contributed by atoms with van der Waals surface area (Å²) < 4.78 is 11.6. The van der Waals surface area contributed by atoms with Gasteiger partial charge in [-0.15, -0.1) is 0 Å². The maximum absolute atomic E-state index is 12.8. The Labute approximate surface area is 192 Å². The van der Waals surface area contributed by atoms with Gasteiger partial charge in [0, 0.05) is 10.2 Å². The Hall–Kier alpha value is -2.78. The van der Waals surface area contributed by atoms with Crippen molar-refractivity contribution in [3.05, 3.63) is 56.9 Å². The van der Waals surface area contributed by atoms with Crippen LogP contribution in [0.5, 0.6) is 11.5 Å². The van der Waals surface area contributed by atoms with Crippen molar-refractivity contribution in [1.82, 2.24) is 4.90 Å². The van der Waals surface area contributed by atoms with Gasteiger partial charge in [0.2, 0.25) is 5.91 Å². The number of carbonyl (C=O) groups is 3. The molecule has 1 heterocycles. The van der Waals surface area contributed by atoms with Gasteiger partial charge in [0.25, 0.3) is 11.1 Å². The van der Waals surface area contributed by atoms with E-state index >= 15 is 0 Å². The molecule has 3 amide bonds. The molecule has 9 heteroatoms. The molecular formula is C22H21BrN2O5S. The Morgan fingerprint density at radius 3 is 2.55 bits per heavy atom. The highest BCUT2D eigenvalue weighted by molar-refractivity contribution is 9.10. The molecule has 2 aromatic rings. The van der Waals surface area contributed by atoms with Crippen molar-refractivity contribution < 1.29 is 23.9 Å². The summed E-state index contributed by atoms with van der Waals surface area (Å²) in [4.78, 5) is 38.6. The van der Waals surface area contributed by atoms with Crippen LogP contribution in [0.1, 0.15) is 18.1 Å². The highest BCUT2D eigenvalue weighted by atomic mass is 79.9. The Kier molecular flexibility index (Phi) is 7.40. The van der Waals surface area contributed by atoms with Gasteiger partial charge >= 0.3 is 0 Å². The van der Waals surface area contributed by atoms with Crippen molar-refractivity contribution in [3.63, 3.8) is 0 Å². The molecule has 162 valence electrons. The van der Waals surface area contributed by atoms with E-state index in [1.54, 1.807) is 30.3 Å². The first-order chi connectivity index (χ1) is 14.8. The van der Waals surface area contributed by atoms with Crippen LogP contribution in [-0.4, -0.2) is 42.2 Å². The molecule has 3 rings (SSSR count). The summed E-state index contributed by atoms with van der Waals surface area (Å²) in [5.74, 6) is 0.106. The second-order valence-electron chi connectivity index (χ2n) is 6.64. The van der Waals surface area contributed by atoms with E-state index in [4.69, 9.17) is 9.47 Å². The quantitative estimate of drug-likeness (QED) is 0.543. The van der Waals surface area contributed by atoms with Crippen LogP contribution in [0, 0.1) is 6.92 Å². The van der Waals surface area contributed by atoms with Gasteiger partial charge in [-0.05, 0) is 61.5 Å². The molecule has 0 unspecified atom stereocenters. The summed E-state index contributed by atoms with van der Waals surface area (Å²) >= 11 is 4.24. The van der Waals surface area contributed by atoms with E-state index in [0.717, 1.165) is 22.2 Å². The average Bonchev–Trinajstić information content (AvgIpc) is 2.99. The molecule has 0 bridgehead atoms. The first-order valence-electron chi connectivity index (χ1n) is 9.44. The summed E-state index contributed by atoms with van der Waals surface area (Å²) in [5, 5.41) is 2.20. The normalized spacial score (nSPS) is 14.8. The molecule has 1 aliphatic heterocycles. The van der Waals surface area contributed by atoms with E-state index in [-0.39, 0.29) is 11.4 Å². The van der Waals surface area contributed by atoms with E-state index in [1.807, 2.05) is 26.0 Å². The minimum Gasteiger partial charge on any atom is -0.493 e. The number of carbonyl (C=O) groups excluding carboxylic acids is 3. The zero-order valence-electron chi connectivity index (χ0n) is 17.2. The zero-order chi connectivity index (χ0) is 22.5. The largest absolute Gasteiger partial charge is 0.493 e. The van der Waals surface area contributed by atoms with Crippen molar-refractivity contribution >= 4 is 56.5 Å². The molecule has 0 aliphatic carbocycles. The van der Waals surface area contributed by atoms with Crippen LogP contribution in [-0.2, 0) is 9.59 Å². The van der Waals surface area contributed by atoms with Gasteiger partial charge in [0.05, 0.1) is 18.6 Å². The van der Waals surface area contributed by atoms with Crippen LogP contribution in [0.4, 0.5) is 10.5 Å². The molecule has 2 aromatic carbocycles. The fourth-order valence-electron chi connectivity index (χ4n) is 2.85. The van der Waals surface area contributed by atoms with E-state index in [2.05, 4.69) is 21.2 Å². The molecular weight excluding hydrogens is 484 g/mol. The van der Waals surface area contributed by atoms with Crippen LogP contribution < -0.4 is 14.8 Å². The fourth-order valence-corrected chi connectivity index (χ4v) is 4.11. The highest BCUT2D eigenvalue weighted by Gasteiger charge is 2.36. The topological polar surface area (TPSA) is 84.9 Å². The van der Waals surface area contributed by atoms with Crippen LogP contribution in [0.25, 0.3) is 6.08 Å². The molecule has 7 nitrogen and oxygen atoms in total. The van der Waals surface area contributed by atoms with E-state index in [1.165, 1.54) is 7.11 Å². The molecule has 0 spiro atoms. The minimum atomic E-state index is -0.519. The van der Waals surface area contributed by atoms with Crippen molar-refractivity contribution in [2.24, 2.45) is 0 Å². The van der Waals surface area contributed by atoms with Crippen molar-refractivity contribution in [2.75, 3.05) is 25.6 Å². The van der Waals surface area contributed by atoms with E-state index in [0.29, 0.717) is 33.8 Å². The number of imide groups is 1. The lowest BCUT2D eigenvalue weighted by Crippen LogP contribution is -2.36. The fraction of sp³-hybridized carbons (Fsp3) is 0.227. The molecule has 0 radical (unpaired) electrons. The molecule has 0 atom stereocenters. The SMILES string of the molecule is CCOc1cc(/C=C2\SC(=O)N(CC(=O)Nc3ccc(C)cc3)C2=O)c(Br)cc1OC. The first-order valence-corrected chi connectivity index (χ1v) is 11.1. The monoisotopic (exact) mass is 504 g/mol. The maximum atomic E-state index is 12.8. The lowest BCUT2D eigenvalue weighted by Gasteiger charge is -2.13. The average molecular weight is 505 g/mol. The van der Waals surface area contributed by atoms with Crippen LogP contribution >= 0.6 is 27.7 Å². The van der Waals surface area contributed by atoms with Gasteiger partial charge in [-0.25, -0.2) is 0 Å². The molecule has 1 aliphatic rings. The second-order valence-corrected chi connectivity index (χ2v) is 8.49. The van der Waals surface area contributed by atoms with E-state index < -0.39 is 17.1 Å².